The van der Waals surface area contributed by atoms with Gasteiger partial charge in [0.25, 0.3) is 0 Å². The normalized spacial score (nSPS) is 10.7. The second kappa shape index (κ2) is 4.91. The Balaban J connectivity index is 2.34. The number of nitrogens with one attached hydrogen (secondary N) is 1. The average Bonchev–Trinajstić information content (AvgIpc) is 2.33. The SMILES string of the molecule is [SiH3]NC(c1ccccc1)c1ccccc1. The standard InChI is InChI=1S/C13H15NSi/c15-14-13(11-7-3-1-4-8-11)12-9-5-2-6-10-12/h1-10,13-14H,15H3. The molecule has 0 unspecified atom stereocenters. The fourth-order valence-corrected chi connectivity index (χ4v) is 2.48. The molecule has 2 aromatic rings. The molecule has 0 bridgehead atoms. The summed E-state index contributed by atoms with van der Waals surface area (Å²) in [4.78, 5) is 3.47. The zero-order chi connectivity index (χ0) is 10.5. The van der Waals surface area contributed by atoms with E-state index in [4.69, 9.17) is 0 Å². The average molecular weight is 213 g/mol. The summed E-state index contributed by atoms with van der Waals surface area (Å²) in [6.07, 6.45) is 0. The van der Waals surface area contributed by atoms with Gasteiger partial charge in [0.15, 0.2) is 0 Å². The van der Waals surface area contributed by atoms with Crippen LogP contribution in [0.1, 0.15) is 17.2 Å². The van der Waals surface area contributed by atoms with Gasteiger partial charge in [-0.3, -0.25) is 0 Å². The van der Waals surface area contributed by atoms with E-state index < -0.39 is 0 Å². The maximum Gasteiger partial charge on any atom is 0.0760 e. The van der Waals surface area contributed by atoms with Crippen molar-refractivity contribution in [1.29, 1.82) is 0 Å². The first kappa shape index (κ1) is 10.1. The van der Waals surface area contributed by atoms with Crippen molar-refractivity contribution in [3.05, 3.63) is 71.8 Å². The van der Waals surface area contributed by atoms with Crippen molar-refractivity contribution < 1.29 is 0 Å². The van der Waals surface area contributed by atoms with Crippen molar-refractivity contribution in [3.8, 4) is 0 Å². The van der Waals surface area contributed by atoms with Crippen molar-refractivity contribution in [2.75, 3.05) is 0 Å². The zero-order valence-corrected chi connectivity index (χ0v) is 10.9. The highest BCUT2D eigenvalue weighted by molar-refractivity contribution is 6.04. The third-order valence-corrected chi connectivity index (χ3v) is 3.13. The maximum absolute atomic E-state index is 3.47. The van der Waals surface area contributed by atoms with Crippen LogP contribution in [0, 0.1) is 0 Å². The molecular formula is C13H15NSi. The van der Waals surface area contributed by atoms with Crippen LogP contribution in [0.25, 0.3) is 0 Å². The van der Waals surface area contributed by atoms with Gasteiger partial charge in [-0.2, -0.15) is 0 Å². The maximum atomic E-state index is 3.47. The van der Waals surface area contributed by atoms with Crippen LogP contribution in [0.15, 0.2) is 60.7 Å². The summed E-state index contributed by atoms with van der Waals surface area (Å²) in [5.74, 6) is 0. The summed E-state index contributed by atoms with van der Waals surface area (Å²) in [7, 11) is 0.992. The lowest BCUT2D eigenvalue weighted by atomic mass is 10.00. The van der Waals surface area contributed by atoms with Gasteiger partial charge >= 0.3 is 0 Å². The quantitative estimate of drug-likeness (QED) is 0.764. The number of hydrogen-bond donors (Lipinski definition) is 1. The number of rotatable bonds is 3. The Labute approximate surface area is 93.7 Å². The molecule has 0 heterocycles. The van der Waals surface area contributed by atoms with Gasteiger partial charge in [0.05, 0.1) is 16.4 Å². The Hall–Kier alpha value is -1.38. The van der Waals surface area contributed by atoms with Gasteiger partial charge < -0.3 is 4.98 Å². The van der Waals surface area contributed by atoms with Crippen molar-refractivity contribution in [2.24, 2.45) is 0 Å². The molecule has 2 aromatic carbocycles. The minimum Gasteiger partial charge on any atom is -0.335 e. The highest BCUT2D eigenvalue weighted by Gasteiger charge is 2.09. The molecule has 0 aliphatic rings. The molecule has 0 aromatic heterocycles. The van der Waals surface area contributed by atoms with Crippen molar-refractivity contribution in [3.63, 3.8) is 0 Å². The van der Waals surface area contributed by atoms with Crippen molar-refractivity contribution in [1.82, 2.24) is 4.98 Å². The molecule has 0 radical (unpaired) electrons. The molecule has 76 valence electrons. The third kappa shape index (κ3) is 2.35. The monoisotopic (exact) mass is 213 g/mol. The van der Waals surface area contributed by atoms with E-state index in [0.717, 1.165) is 10.4 Å². The summed E-state index contributed by atoms with van der Waals surface area (Å²) < 4.78 is 0. The summed E-state index contributed by atoms with van der Waals surface area (Å²) in [5, 5.41) is 0. The molecule has 0 aliphatic heterocycles. The van der Waals surface area contributed by atoms with Crippen LogP contribution >= 0.6 is 0 Å². The fourth-order valence-electron chi connectivity index (χ4n) is 1.82. The Bertz CT molecular complexity index is 360. The molecule has 0 atom stereocenters. The van der Waals surface area contributed by atoms with E-state index in [0.29, 0.717) is 6.04 Å². The fraction of sp³-hybridized carbons (Fsp3) is 0.0769. The molecule has 1 nitrogen and oxygen atoms in total. The van der Waals surface area contributed by atoms with Crippen LogP contribution in [0.3, 0.4) is 0 Å². The Morgan fingerprint density at radius 2 is 1.13 bits per heavy atom. The summed E-state index contributed by atoms with van der Waals surface area (Å²) in [5.41, 5.74) is 2.66. The second-order valence-corrected chi connectivity index (χ2v) is 4.12. The van der Waals surface area contributed by atoms with Gasteiger partial charge in [0, 0.05) is 0 Å². The van der Waals surface area contributed by atoms with Crippen LogP contribution in [-0.2, 0) is 0 Å². The Morgan fingerprint density at radius 3 is 1.47 bits per heavy atom. The largest absolute Gasteiger partial charge is 0.335 e. The molecule has 2 rings (SSSR count). The van der Waals surface area contributed by atoms with Crippen LogP contribution < -0.4 is 4.98 Å². The van der Waals surface area contributed by atoms with Gasteiger partial charge in [0.2, 0.25) is 0 Å². The lowest BCUT2D eigenvalue weighted by molar-refractivity contribution is 0.792. The summed E-state index contributed by atoms with van der Waals surface area (Å²) in [6.45, 7) is 0. The van der Waals surface area contributed by atoms with E-state index in [1.807, 2.05) is 0 Å². The predicted molar refractivity (Wildman–Crippen MR) is 67.8 cm³/mol. The summed E-state index contributed by atoms with van der Waals surface area (Å²) >= 11 is 0. The predicted octanol–water partition coefficient (Wildman–Crippen LogP) is 1.65. The molecule has 2 heteroatoms. The third-order valence-electron chi connectivity index (χ3n) is 2.55. The van der Waals surface area contributed by atoms with Gasteiger partial charge in [-0.05, 0) is 11.1 Å². The first-order valence-corrected chi connectivity index (χ1v) is 6.19. The lowest BCUT2D eigenvalue weighted by Gasteiger charge is -2.17. The van der Waals surface area contributed by atoms with E-state index in [1.165, 1.54) is 11.1 Å². The smallest absolute Gasteiger partial charge is 0.0760 e. The zero-order valence-electron chi connectivity index (χ0n) is 8.85. The molecule has 0 aliphatic carbocycles. The van der Waals surface area contributed by atoms with Crippen molar-refractivity contribution >= 4 is 10.4 Å². The van der Waals surface area contributed by atoms with E-state index in [1.54, 1.807) is 0 Å². The summed E-state index contributed by atoms with van der Waals surface area (Å²) in [6, 6.07) is 21.5. The molecular weight excluding hydrogens is 198 g/mol. The highest BCUT2D eigenvalue weighted by Crippen LogP contribution is 2.20. The molecule has 0 fully saturated rings. The van der Waals surface area contributed by atoms with Crippen LogP contribution in [0.5, 0.6) is 0 Å². The molecule has 1 N–H and O–H groups in total. The van der Waals surface area contributed by atoms with Crippen LogP contribution in [0.4, 0.5) is 0 Å². The molecule has 0 saturated carbocycles. The Kier molecular flexibility index (Phi) is 3.32. The van der Waals surface area contributed by atoms with Crippen molar-refractivity contribution in [2.45, 2.75) is 6.04 Å². The first-order chi connectivity index (χ1) is 7.42. The number of benzene rings is 2. The van der Waals surface area contributed by atoms with E-state index in [9.17, 15) is 0 Å². The van der Waals surface area contributed by atoms with E-state index >= 15 is 0 Å². The molecule has 15 heavy (non-hydrogen) atoms. The van der Waals surface area contributed by atoms with E-state index in [-0.39, 0.29) is 0 Å². The van der Waals surface area contributed by atoms with Gasteiger partial charge in [-0.15, -0.1) is 0 Å². The van der Waals surface area contributed by atoms with Crippen LogP contribution in [0.2, 0.25) is 0 Å². The minimum absolute atomic E-state index is 0.346. The second-order valence-electron chi connectivity index (χ2n) is 3.54. The van der Waals surface area contributed by atoms with Gasteiger partial charge in [0.1, 0.15) is 0 Å². The van der Waals surface area contributed by atoms with Gasteiger partial charge in [-0.1, -0.05) is 60.7 Å². The van der Waals surface area contributed by atoms with Gasteiger partial charge in [-0.25, -0.2) is 0 Å². The lowest BCUT2D eigenvalue weighted by Crippen LogP contribution is -2.18. The molecule has 0 amide bonds. The number of hydrogen-bond acceptors (Lipinski definition) is 1. The first-order valence-electron chi connectivity index (χ1n) is 5.19. The van der Waals surface area contributed by atoms with Crippen LogP contribution in [-0.4, -0.2) is 10.4 Å². The molecule has 0 saturated heterocycles. The van der Waals surface area contributed by atoms with E-state index in [2.05, 4.69) is 65.6 Å². The topological polar surface area (TPSA) is 12.0 Å². The molecule has 0 spiro atoms. The minimum atomic E-state index is 0.346. The highest BCUT2D eigenvalue weighted by atomic mass is 28.2. The Morgan fingerprint density at radius 1 is 0.733 bits per heavy atom.